The molecule has 1 unspecified atom stereocenters. The molecular formula is C27H35NO5. The summed E-state index contributed by atoms with van der Waals surface area (Å²) in [5.74, 6) is -0.767. The minimum atomic E-state index is -1.18. The lowest BCUT2D eigenvalue weighted by molar-refractivity contribution is -0.910. The van der Waals surface area contributed by atoms with Crippen molar-refractivity contribution < 1.29 is 24.1 Å². The van der Waals surface area contributed by atoms with E-state index < -0.39 is 11.5 Å². The summed E-state index contributed by atoms with van der Waals surface area (Å²) in [4.78, 5) is 25.3. The number of quaternary nitrogens is 1. The van der Waals surface area contributed by atoms with Gasteiger partial charge in [-0.2, -0.15) is 0 Å². The molecule has 0 spiro atoms. The molecule has 0 aromatic heterocycles. The smallest absolute Gasteiger partial charge is 0.368 e. The van der Waals surface area contributed by atoms with Gasteiger partial charge in [0.25, 0.3) is 0 Å². The summed E-state index contributed by atoms with van der Waals surface area (Å²) in [7, 11) is 1.32. The van der Waals surface area contributed by atoms with E-state index in [1.807, 2.05) is 58.0 Å². The van der Waals surface area contributed by atoms with E-state index in [-0.39, 0.29) is 30.1 Å². The molecule has 1 saturated carbocycles. The molecule has 2 aromatic carbocycles. The van der Waals surface area contributed by atoms with Gasteiger partial charge in [0.2, 0.25) is 0 Å². The van der Waals surface area contributed by atoms with Crippen LogP contribution in [-0.4, -0.2) is 30.7 Å². The van der Waals surface area contributed by atoms with Crippen molar-refractivity contribution in [2.75, 3.05) is 7.11 Å². The van der Waals surface area contributed by atoms with Crippen LogP contribution in [-0.2, 0) is 32.0 Å². The molecule has 1 atom stereocenters. The number of methoxy groups -OCH3 is 1. The average Bonchev–Trinajstić information content (AvgIpc) is 2.77. The molecule has 0 amide bonds. The molecule has 0 heterocycles. The van der Waals surface area contributed by atoms with Crippen molar-refractivity contribution in [3.05, 3.63) is 75.0 Å². The molecule has 2 aromatic rings. The third kappa shape index (κ3) is 5.81. The largest absolute Gasteiger partial charge is 0.633 e. The molecule has 33 heavy (non-hydrogen) atoms. The summed E-state index contributed by atoms with van der Waals surface area (Å²) < 4.78 is 10.8. The summed E-state index contributed by atoms with van der Waals surface area (Å²) in [6.07, 6.45) is 1.50. The number of hydrogen-bond donors (Lipinski definition) is 1. The van der Waals surface area contributed by atoms with Crippen molar-refractivity contribution >= 4 is 11.9 Å². The zero-order valence-electron chi connectivity index (χ0n) is 20.3. The lowest BCUT2D eigenvalue weighted by Crippen LogP contribution is -3.16. The Kier molecular flexibility index (Phi) is 7.92. The van der Waals surface area contributed by atoms with Gasteiger partial charge in [-0.1, -0.05) is 47.5 Å². The van der Waals surface area contributed by atoms with Crippen LogP contribution in [0.2, 0.25) is 0 Å². The molecule has 1 aliphatic rings. The van der Waals surface area contributed by atoms with Gasteiger partial charge in [-0.25, -0.2) is 4.79 Å². The van der Waals surface area contributed by atoms with Gasteiger partial charge >= 0.3 is 11.9 Å². The molecule has 1 N–H and O–H groups in total. The minimum absolute atomic E-state index is 0.124. The number of hydrogen-bond acceptors (Lipinski definition) is 5. The summed E-state index contributed by atoms with van der Waals surface area (Å²) in [6, 6.07) is 12.0. The number of carbonyl (C=O) groups is 2. The second-order valence-electron chi connectivity index (χ2n) is 9.40. The fraction of sp³-hybridized carbons (Fsp3) is 0.481. The maximum atomic E-state index is 13.4. The van der Waals surface area contributed by atoms with Gasteiger partial charge in [-0.05, 0) is 57.2 Å². The number of aryl methyl sites for hydroxylation is 4. The van der Waals surface area contributed by atoms with Crippen LogP contribution < -0.4 is 5.06 Å². The highest BCUT2D eigenvalue weighted by atomic mass is 16.6. The Bertz CT molecular complexity index is 1010. The maximum absolute atomic E-state index is 13.4. The molecule has 1 aliphatic carbocycles. The van der Waals surface area contributed by atoms with Gasteiger partial charge in [-0.15, -0.1) is 0 Å². The molecule has 0 aliphatic heterocycles. The normalized spacial score (nSPS) is 21.3. The van der Waals surface area contributed by atoms with Gasteiger partial charge < -0.3 is 19.7 Å². The summed E-state index contributed by atoms with van der Waals surface area (Å²) >= 11 is 0. The minimum Gasteiger partial charge on any atom is -0.633 e. The van der Waals surface area contributed by atoms with E-state index in [4.69, 9.17) is 9.47 Å². The van der Waals surface area contributed by atoms with Crippen molar-refractivity contribution in [1.82, 2.24) is 0 Å². The molecule has 3 rings (SSSR count). The van der Waals surface area contributed by atoms with Gasteiger partial charge in [0.05, 0.1) is 13.5 Å². The molecule has 0 saturated heterocycles. The van der Waals surface area contributed by atoms with Gasteiger partial charge in [0, 0.05) is 18.4 Å². The Balaban J connectivity index is 1.64. The average molecular weight is 454 g/mol. The van der Waals surface area contributed by atoms with Gasteiger partial charge in [0.15, 0.2) is 5.54 Å². The molecule has 178 valence electrons. The van der Waals surface area contributed by atoms with Crippen LogP contribution in [0.5, 0.6) is 0 Å². The molecule has 6 nitrogen and oxygen atoms in total. The quantitative estimate of drug-likeness (QED) is 0.513. The van der Waals surface area contributed by atoms with Crippen molar-refractivity contribution in [2.24, 2.45) is 0 Å². The van der Waals surface area contributed by atoms with Crippen molar-refractivity contribution in [1.29, 1.82) is 0 Å². The highest BCUT2D eigenvalue weighted by Crippen LogP contribution is 2.30. The molecular weight excluding hydrogens is 418 g/mol. The van der Waals surface area contributed by atoms with Gasteiger partial charge in [-0.3, -0.25) is 4.79 Å². The lowest BCUT2D eigenvalue weighted by atomic mass is 9.79. The van der Waals surface area contributed by atoms with Crippen molar-refractivity contribution in [3.8, 4) is 0 Å². The first-order chi connectivity index (χ1) is 15.6. The number of hydroxylamine groups is 2. The van der Waals surface area contributed by atoms with E-state index in [9.17, 15) is 14.8 Å². The Hall–Kier alpha value is -2.70. The summed E-state index contributed by atoms with van der Waals surface area (Å²) in [5.41, 5.74) is 5.10. The van der Waals surface area contributed by atoms with Crippen LogP contribution in [0.4, 0.5) is 0 Å². The maximum Gasteiger partial charge on any atom is 0.368 e. The first-order valence-electron chi connectivity index (χ1n) is 11.6. The third-order valence-electron chi connectivity index (χ3n) is 6.88. The third-order valence-corrected chi connectivity index (χ3v) is 6.88. The van der Waals surface area contributed by atoms with E-state index in [1.54, 1.807) is 0 Å². The standard InChI is InChI=1S/C27H35NO5/c1-18-6-8-22(20(3)14-18)16-25(29)33-24-10-12-27(13-11-24,26(30)32-5)28(31)17-23-9-7-19(2)15-21(23)4/h6-9,14-15,24,28H,10-13,16-17H2,1-5H3. The van der Waals surface area contributed by atoms with E-state index in [0.717, 1.165) is 33.4 Å². The van der Waals surface area contributed by atoms with E-state index in [2.05, 4.69) is 6.07 Å². The second kappa shape index (κ2) is 10.5. The van der Waals surface area contributed by atoms with Crippen LogP contribution in [0.1, 0.15) is 59.1 Å². The first-order valence-corrected chi connectivity index (χ1v) is 11.6. The number of nitrogens with one attached hydrogen (secondary N) is 1. The summed E-state index contributed by atoms with van der Waals surface area (Å²) in [6.45, 7) is 8.19. The van der Waals surface area contributed by atoms with Crippen molar-refractivity contribution in [3.63, 3.8) is 0 Å². The zero-order valence-corrected chi connectivity index (χ0v) is 20.3. The predicted octanol–water partition coefficient (Wildman–Crippen LogP) is 3.44. The predicted molar refractivity (Wildman–Crippen MR) is 127 cm³/mol. The number of rotatable bonds is 7. The second-order valence-corrected chi connectivity index (χ2v) is 9.40. The fourth-order valence-corrected chi connectivity index (χ4v) is 4.81. The van der Waals surface area contributed by atoms with E-state index >= 15 is 0 Å². The van der Waals surface area contributed by atoms with Crippen LogP contribution in [0.25, 0.3) is 0 Å². The van der Waals surface area contributed by atoms with Crippen LogP contribution >= 0.6 is 0 Å². The monoisotopic (exact) mass is 453 g/mol. The fourth-order valence-electron chi connectivity index (χ4n) is 4.81. The van der Waals surface area contributed by atoms with Crippen LogP contribution in [0.3, 0.4) is 0 Å². The SMILES string of the molecule is COC(=O)C1([NH+]([O-])Cc2ccc(C)cc2C)CCC(OC(=O)Cc2ccc(C)cc2C)CC1. The first kappa shape index (κ1) is 24.9. The number of carbonyl (C=O) groups excluding carboxylic acids is 2. The Morgan fingerprint density at radius 1 is 0.970 bits per heavy atom. The molecule has 0 radical (unpaired) electrons. The summed E-state index contributed by atoms with van der Waals surface area (Å²) in [5, 5.41) is 13.2. The molecule has 1 fully saturated rings. The Morgan fingerprint density at radius 2 is 1.52 bits per heavy atom. The zero-order chi connectivity index (χ0) is 24.2. The number of ether oxygens (including phenoxy) is 2. The van der Waals surface area contributed by atoms with Crippen LogP contribution in [0.15, 0.2) is 36.4 Å². The molecule has 6 heteroatoms. The van der Waals surface area contributed by atoms with Gasteiger partial charge in [0.1, 0.15) is 12.6 Å². The topological polar surface area (TPSA) is 80.1 Å². The highest BCUT2D eigenvalue weighted by Gasteiger charge is 2.49. The number of benzene rings is 2. The Morgan fingerprint density at radius 3 is 2.03 bits per heavy atom. The lowest BCUT2D eigenvalue weighted by Gasteiger charge is -2.44. The number of esters is 2. The highest BCUT2D eigenvalue weighted by molar-refractivity contribution is 5.79. The van der Waals surface area contributed by atoms with E-state index in [0.29, 0.717) is 25.7 Å². The molecule has 0 bridgehead atoms. The van der Waals surface area contributed by atoms with Crippen LogP contribution in [0, 0.1) is 32.9 Å². The Labute approximate surface area is 196 Å². The van der Waals surface area contributed by atoms with Crippen molar-refractivity contribution in [2.45, 2.75) is 78.0 Å². The van der Waals surface area contributed by atoms with E-state index in [1.165, 1.54) is 7.11 Å².